The van der Waals surface area contributed by atoms with Gasteiger partial charge in [-0.2, -0.15) is 0 Å². The van der Waals surface area contributed by atoms with E-state index in [1.54, 1.807) is 10.9 Å². The average molecular weight is 395 g/mol. The molecule has 1 saturated carbocycles. The second kappa shape index (κ2) is 6.76. The second-order valence-corrected chi connectivity index (χ2v) is 8.00. The van der Waals surface area contributed by atoms with E-state index >= 15 is 0 Å². The summed E-state index contributed by atoms with van der Waals surface area (Å²) in [7, 11) is 0. The van der Waals surface area contributed by atoms with E-state index in [4.69, 9.17) is 15.0 Å². The Morgan fingerprint density at radius 3 is 2.27 bits per heavy atom. The standard InChI is InChI=1S/C24H21N5O/c30-24-20-21-23(27-19-14-8-7-13-18(19)26-21)29(17-11-5-2-6-12-17)22(20)25-15-28(24)16-9-3-1-4-10-16/h1,3-4,7-10,13-15,17H,2,5-6,11-12H2. The lowest BCUT2D eigenvalue weighted by atomic mass is 9.95. The summed E-state index contributed by atoms with van der Waals surface area (Å²) in [6.45, 7) is 0. The lowest BCUT2D eigenvalue weighted by Crippen LogP contribution is -2.20. The van der Waals surface area contributed by atoms with Crippen LogP contribution in [0.3, 0.4) is 0 Å². The van der Waals surface area contributed by atoms with Crippen LogP contribution in [0.2, 0.25) is 0 Å². The zero-order chi connectivity index (χ0) is 20.1. The smallest absolute Gasteiger partial charge is 0.269 e. The van der Waals surface area contributed by atoms with E-state index < -0.39 is 0 Å². The molecule has 30 heavy (non-hydrogen) atoms. The summed E-state index contributed by atoms with van der Waals surface area (Å²) in [4.78, 5) is 28.2. The van der Waals surface area contributed by atoms with E-state index in [0.29, 0.717) is 22.6 Å². The van der Waals surface area contributed by atoms with Crippen LogP contribution in [0.4, 0.5) is 0 Å². The van der Waals surface area contributed by atoms with Crippen molar-refractivity contribution in [3.63, 3.8) is 0 Å². The normalized spacial score (nSPS) is 15.3. The van der Waals surface area contributed by atoms with Crippen LogP contribution in [-0.4, -0.2) is 24.1 Å². The Morgan fingerprint density at radius 2 is 1.50 bits per heavy atom. The van der Waals surface area contributed by atoms with Crippen molar-refractivity contribution in [3.8, 4) is 5.69 Å². The monoisotopic (exact) mass is 395 g/mol. The molecule has 0 atom stereocenters. The second-order valence-electron chi connectivity index (χ2n) is 8.00. The minimum atomic E-state index is -0.102. The summed E-state index contributed by atoms with van der Waals surface area (Å²) in [6, 6.07) is 17.7. The van der Waals surface area contributed by atoms with Gasteiger partial charge in [0, 0.05) is 6.04 Å². The average Bonchev–Trinajstić information content (AvgIpc) is 3.13. The van der Waals surface area contributed by atoms with Gasteiger partial charge in [-0.3, -0.25) is 9.36 Å². The van der Waals surface area contributed by atoms with E-state index in [-0.39, 0.29) is 5.56 Å². The maximum absolute atomic E-state index is 13.6. The van der Waals surface area contributed by atoms with Crippen LogP contribution in [0.25, 0.3) is 38.9 Å². The zero-order valence-corrected chi connectivity index (χ0v) is 16.5. The fourth-order valence-electron chi connectivity index (χ4n) is 4.72. The Balaban J connectivity index is 1.74. The Labute approximate surface area is 172 Å². The van der Waals surface area contributed by atoms with Crippen LogP contribution < -0.4 is 5.56 Å². The van der Waals surface area contributed by atoms with Gasteiger partial charge in [0.15, 0.2) is 11.3 Å². The third-order valence-electron chi connectivity index (χ3n) is 6.17. The van der Waals surface area contributed by atoms with Crippen LogP contribution in [0, 0.1) is 0 Å². The number of hydrogen-bond donors (Lipinski definition) is 0. The number of benzene rings is 2. The molecule has 0 N–H and O–H groups in total. The van der Waals surface area contributed by atoms with Crippen molar-refractivity contribution in [2.45, 2.75) is 38.1 Å². The van der Waals surface area contributed by atoms with Crippen LogP contribution in [0.1, 0.15) is 38.1 Å². The molecule has 3 aromatic heterocycles. The number of nitrogens with zero attached hydrogens (tertiary/aromatic N) is 5. The summed E-state index contributed by atoms with van der Waals surface area (Å²) in [6.07, 6.45) is 7.43. The molecule has 0 aliphatic heterocycles. The lowest BCUT2D eigenvalue weighted by molar-refractivity contribution is 0.365. The predicted octanol–water partition coefficient (Wildman–Crippen LogP) is 4.79. The van der Waals surface area contributed by atoms with Crippen molar-refractivity contribution >= 4 is 33.2 Å². The minimum absolute atomic E-state index is 0.102. The fourth-order valence-corrected chi connectivity index (χ4v) is 4.72. The highest BCUT2D eigenvalue weighted by atomic mass is 16.1. The van der Waals surface area contributed by atoms with Gasteiger partial charge in [0.2, 0.25) is 0 Å². The molecule has 6 rings (SSSR count). The van der Waals surface area contributed by atoms with Gasteiger partial charge in [-0.1, -0.05) is 49.6 Å². The van der Waals surface area contributed by atoms with E-state index in [1.165, 1.54) is 19.3 Å². The molecule has 0 unspecified atom stereocenters. The molecule has 6 heteroatoms. The van der Waals surface area contributed by atoms with E-state index in [9.17, 15) is 4.79 Å². The Bertz CT molecular complexity index is 1450. The highest BCUT2D eigenvalue weighted by Crippen LogP contribution is 2.35. The van der Waals surface area contributed by atoms with Gasteiger partial charge in [-0.25, -0.2) is 15.0 Å². The Kier molecular flexibility index (Phi) is 3.91. The van der Waals surface area contributed by atoms with E-state index in [2.05, 4.69) is 4.57 Å². The number of hydrogen-bond acceptors (Lipinski definition) is 4. The molecule has 0 bridgehead atoms. The Morgan fingerprint density at radius 1 is 0.800 bits per heavy atom. The molecule has 6 nitrogen and oxygen atoms in total. The van der Waals surface area contributed by atoms with Crippen molar-refractivity contribution in [1.29, 1.82) is 0 Å². The summed E-state index contributed by atoms with van der Waals surface area (Å²) >= 11 is 0. The Hall–Kier alpha value is -3.54. The molecule has 1 fully saturated rings. The molecular weight excluding hydrogens is 374 g/mol. The third kappa shape index (κ3) is 2.56. The molecule has 148 valence electrons. The van der Waals surface area contributed by atoms with Gasteiger partial charge in [0.25, 0.3) is 5.56 Å². The van der Waals surface area contributed by atoms with Gasteiger partial charge in [-0.05, 0) is 37.1 Å². The van der Waals surface area contributed by atoms with Crippen molar-refractivity contribution in [1.82, 2.24) is 24.1 Å². The van der Waals surface area contributed by atoms with Crippen molar-refractivity contribution in [3.05, 3.63) is 71.3 Å². The maximum Gasteiger partial charge on any atom is 0.269 e. The molecule has 0 saturated heterocycles. The number of rotatable bonds is 2. The van der Waals surface area contributed by atoms with Gasteiger partial charge in [0.05, 0.1) is 16.7 Å². The number of para-hydroxylation sites is 3. The molecule has 1 aliphatic carbocycles. The van der Waals surface area contributed by atoms with Crippen molar-refractivity contribution in [2.75, 3.05) is 0 Å². The quantitative estimate of drug-likeness (QED) is 0.431. The van der Waals surface area contributed by atoms with Gasteiger partial charge >= 0.3 is 0 Å². The summed E-state index contributed by atoms with van der Waals surface area (Å²) in [5, 5.41) is 0.556. The van der Waals surface area contributed by atoms with Gasteiger partial charge < -0.3 is 4.57 Å². The third-order valence-corrected chi connectivity index (χ3v) is 6.17. The van der Waals surface area contributed by atoms with E-state index in [1.807, 2.05) is 54.6 Å². The van der Waals surface area contributed by atoms with Crippen LogP contribution in [0.15, 0.2) is 65.7 Å². The molecular formula is C24H21N5O. The summed E-state index contributed by atoms with van der Waals surface area (Å²) < 4.78 is 3.78. The minimum Gasteiger partial charge on any atom is -0.305 e. The topological polar surface area (TPSA) is 65.6 Å². The van der Waals surface area contributed by atoms with Crippen LogP contribution in [0.5, 0.6) is 0 Å². The number of fused-ring (bicyclic) bond motifs is 4. The first kappa shape index (κ1) is 17.3. The molecule has 0 amide bonds. The van der Waals surface area contributed by atoms with Crippen LogP contribution in [-0.2, 0) is 0 Å². The molecule has 3 heterocycles. The van der Waals surface area contributed by atoms with Gasteiger partial charge in [-0.15, -0.1) is 0 Å². The zero-order valence-electron chi connectivity index (χ0n) is 16.5. The van der Waals surface area contributed by atoms with Crippen molar-refractivity contribution in [2.24, 2.45) is 0 Å². The largest absolute Gasteiger partial charge is 0.305 e. The van der Waals surface area contributed by atoms with Crippen LogP contribution >= 0.6 is 0 Å². The first-order valence-electron chi connectivity index (χ1n) is 10.5. The van der Waals surface area contributed by atoms with Crippen molar-refractivity contribution < 1.29 is 0 Å². The predicted molar refractivity (Wildman–Crippen MR) is 118 cm³/mol. The molecule has 0 spiro atoms. The maximum atomic E-state index is 13.6. The first-order valence-corrected chi connectivity index (χ1v) is 10.5. The molecule has 1 aliphatic rings. The first-order chi connectivity index (χ1) is 14.8. The lowest BCUT2D eigenvalue weighted by Gasteiger charge is -2.24. The molecule has 2 aromatic carbocycles. The molecule has 5 aromatic rings. The number of aromatic nitrogens is 5. The van der Waals surface area contributed by atoms with Gasteiger partial charge in [0.1, 0.15) is 17.2 Å². The highest BCUT2D eigenvalue weighted by Gasteiger charge is 2.25. The summed E-state index contributed by atoms with van der Waals surface area (Å²) in [5.74, 6) is 0. The molecule has 0 radical (unpaired) electrons. The SMILES string of the molecule is O=c1c2c3nc4ccccc4nc3n(C3CCCCC3)c2ncn1-c1ccccc1. The fraction of sp³-hybridized carbons (Fsp3) is 0.250. The van der Waals surface area contributed by atoms with E-state index in [0.717, 1.165) is 35.2 Å². The summed E-state index contributed by atoms with van der Waals surface area (Å²) in [5.41, 5.74) is 4.45. The highest BCUT2D eigenvalue weighted by molar-refractivity contribution is 6.04.